The summed E-state index contributed by atoms with van der Waals surface area (Å²) >= 11 is 5.98. The third-order valence-corrected chi connectivity index (χ3v) is 2.32. The average molecular weight is 246 g/mol. The number of benzene rings is 1. The zero-order valence-electron chi connectivity index (χ0n) is 8.86. The summed E-state index contributed by atoms with van der Waals surface area (Å²) in [5.41, 5.74) is 9.85. The van der Waals surface area contributed by atoms with Crippen LogP contribution in [-0.2, 0) is 0 Å². The van der Waals surface area contributed by atoms with Crippen molar-refractivity contribution in [1.29, 1.82) is 0 Å². The lowest BCUT2D eigenvalue weighted by Crippen LogP contribution is -2.35. The predicted octanol–water partition coefficient (Wildman–Crippen LogP) is 0.536. The number of anilines is 2. The summed E-state index contributed by atoms with van der Waals surface area (Å²) in [6.07, 6.45) is 0. The van der Waals surface area contributed by atoms with Gasteiger partial charge in [-0.1, -0.05) is 11.6 Å². The molecule has 6 heteroatoms. The number of nitrogen functional groups attached to an aromatic ring is 1. The minimum atomic E-state index is -0.000405. The van der Waals surface area contributed by atoms with E-state index in [4.69, 9.17) is 27.5 Å². The highest BCUT2D eigenvalue weighted by Gasteiger charge is 2.06. The van der Waals surface area contributed by atoms with E-state index in [1.165, 1.54) is 0 Å². The predicted molar refractivity (Wildman–Crippen MR) is 65.2 cm³/mol. The first-order valence-electron chi connectivity index (χ1n) is 4.95. The molecule has 5 nitrogen and oxygen atoms in total. The smallest absolute Gasteiger partial charge is 0.0677 e. The number of hydrogen-bond acceptors (Lipinski definition) is 5. The second kappa shape index (κ2) is 6.55. The van der Waals surface area contributed by atoms with Crippen LogP contribution in [0.15, 0.2) is 18.2 Å². The van der Waals surface area contributed by atoms with E-state index in [2.05, 4.69) is 5.43 Å². The Hall–Kier alpha value is -1.01. The number of halogens is 1. The molecule has 0 aliphatic carbocycles. The molecule has 90 valence electrons. The second-order valence-electron chi connectivity index (χ2n) is 3.29. The van der Waals surface area contributed by atoms with Crippen molar-refractivity contribution in [3.63, 3.8) is 0 Å². The molecule has 0 radical (unpaired) electrons. The van der Waals surface area contributed by atoms with Crippen molar-refractivity contribution in [3.8, 4) is 0 Å². The molecule has 0 aliphatic rings. The fourth-order valence-corrected chi connectivity index (χ4v) is 1.49. The molecule has 1 aromatic carbocycles. The first-order chi connectivity index (χ1) is 7.67. The quantitative estimate of drug-likeness (QED) is 0.434. The summed E-state index contributed by atoms with van der Waals surface area (Å²) in [5.74, 6) is 0. The summed E-state index contributed by atoms with van der Waals surface area (Å²) in [4.78, 5) is 0. The van der Waals surface area contributed by atoms with E-state index >= 15 is 0 Å². The lowest BCUT2D eigenvalue weighted by molar-refractivity contribution is 0.183. The Labute approximate surface area is 99.4 Å². The molecule has 1 rings (SSSR count). The molecule has 0 atom stereocenters. The zero-order chi connectivity index (χ0) is 12.0. The standard InChI is InChI=1S/C10H16ClN3O2/c11-9-7-8(12)1-2-10(9)13-14(3-5-15)4-6-16/h1-2,7,13,15-16H,3-6,12H2. The minimum absolute atomic E-state index is 0.000405. The fourth-order valence-electron chi connectivity index (χ4n) is 1.26. The van der Waals surface area contributed by atoms with Crippen molar-refractivity contribution in [2.45, 2.75) is 0 Å². The van der Waals surface area contributed by atoms with E-state index in [-0.39, 0.29) is 13.2 Å². The van der Waals surface area contributed by atoms with E-state index in [9.17, 15) is 0 Å². The fraction of sp³-hybridized carbons (Fsp3) is 0.400. The van der Waals surface area contributed by atoms with E-state index in [0.29, 0.717) is 29.5 Å². The maximum Gasteiger partial charge on any atom is 0.0677 e. The molecule has 0 bridgehead atoms. The van der Waals surface area contributed by atoms with Crippen LogP contribution in [0.1, 0.15) is 0 Å². The molecule has 0 saturated carbocycles. The van der Waals surface area contributed by atoms with Gasteiger partial charge in [0.2, 0.25) is 0 Å². The first-order valence-corrected chi connectivity index (χ1v) is 5.33. The number of aliphatic hydroxyl groups excluding tert-OH is 2. The minimum Gasteiger partial charge on any atom is -0.399 e. The van der Waals surface area contributed by atoms with Gasteiger partial charge in [-0.15, -0.1) is 0 Å². The van der Waals surface area contributed by atoms with E-state index < -0.39 is 0 Å². The van der Waals surface area contributed by atoms with Crippen LogP contribution in [-0.4, -0.2) is 41.5 Å². The molecular weight excluding hydrogens is 230 g/mol. The van der Waals surface area contributed by atoms with Crippen LogP contribution in [0.3, 0.4) is 0 Å². The number of nitrogens with one attached hydrogen (secondary N) is 1. The monoisotopic (exact) mass is 245 g/mol. The first kappa shape index (κ1) is 13.1. The van der Waals surface area contributed by atoms with Crippen LogP contribution >= 0.6 is 11.6 Å². The lowest BCUT2D eigenvalue weighted by Gasteiger charge is -2.23. The SMILES string of the molecule is Nc1ccc(NN(CCO)CCO)c(Cl)c1. The number of nitrogens with two attached hydrogens (primary N) is 1. The summed E-state index contributed by atoms with van der Waals surface area (Å²) in [6, 6.07) is 5.11. The Morgan fingerprint density at radius 1 is 1.25 bits per heavy atom. The molecule has 5 N–H and O–H groups in total. The van der Waals surface area contributed by atoms with Crippen LogP contribution < -0.4 is 11.2 Å². The van der Waals surface area contributed by atoms with Crippen LogP contribution in [0, 0.1) is 0 Å². The maximum absolute atomic E-state index is 8.84. The van der Waals surface area contributed by atoms with Gasteiger partial charge in [0.05, 0.1) is 23.9 Å². The normalized spacial score (nSPS) is 10.8. The van der Waals surface area contributed by atoms with Crippen molar-refractivity contribution in [3.05, 3.63) is 23.2 Å². The average Bonchev–Trinajstić information content (AvgIpc) is 2.23. The molecule has 0 amide bonds. The Kier molecular flexibility index (Phi) is 5.34. The van der Waals surface area contributed by atoms with E-state index in [1.807, 2.05) is 0 Å². The number of nitrogens with zero attached hydrogens (tertiary/aromatic N) is 1. The summed E-state index contributed by atoms with van der Waals surface area (Å²) in [5, 5.41) is 19.9. The molecule has 16 heavy (non-hydrogen) atoms. The van der Waals surface area contributed by atoms with Crippen molar-refractivity contribution >= 4 is 23.0 Å². The van der Waals surface area contributed by atoms with Gasteiger partial charge in [-0.2, -0.15) is 0 Å². The summed E-state index contributed by atoms with van der Waals surface area (Å²) in [6.45, 7) is 0.807. The van der Waals surface area contributed by atoms with E-state index in [1.54, 1.807) is 23.2 Å². The molecule has 0 aromatic heterocycles. The molecule has 0 heterocycles. The van der Waals surface area contributed by atoms with Gasteiger partial charge in [0, 0.05) is 18.8 Å². The highest BCUT2D eigenvalue weighted by molar-refractivity contribution is 6.33. The molecule has 0 fully saturated rings. The van der Waals surface area contributed by atoms with Gasteiger partial charge >= 0.3 is 0 Å². The van der Waals surface area contributed by atoms with Crippen molar-refractivity contribution in [2.24, 2.45) is 0 Å². The van der Waals surface area contributed by atoms with Crippen molar-refractivity contribution < 1.29 is 10.2 Å². The maximum atomic E-state index is 8.84. The number of hydrogen-bond donors (Lipinski definition) is 4. The summed E-state index contributed by atoms with van der Waals surface area (Å²) < 4.78 is 0. The van der Waals surface area contributed by atoms with Crippen LogP contribution in [0.5, 0.6) is 0 Å². The van der Waals surface area contributed by atoms with Gasteiger partial charge in [-0.3, -0.25) is 0 Å². The Bertz CT molecular complexity index is 330. The molecular formula is C10H16ClN3O2. The number of rotatable bonds is 6. The third-order valence-electron chi connectivity index (χ3n) is 2.01. The van der Waals surface area contributed by atoms with Crippen LogP contribution in [0.2, 0.25) is 5.02 Å². The van der Waals surface area contributed by atoms with Gasteiger partial charge in [-0.05, 0) is 18.2 Å². The van der Waals surface area contributed by atoms with Gasteiger partial charge in [-0.25, -0.2) is 5.01 Å². The highest BCUT2D eigenvalue weighted by Crippen LogP contribution is 2.24. The number of aliphatic hydroxyl groups is 2. The Balaban J connectivity index is 2.68. The molecule has 0 saturated heterocycles. The molecule has 0 unspecified atom stereocenters. The molecule has 0 spiro atoms. The zero-order valence-corrected chi connectivity index (χ0v) is 9.61. The highest BCUT2D eigenvalue weighted by atomic mass is 35.5. The Morgan fingerprint density at radius 3 is 2.38 bits per heavy atom. The second-order valence-corrected chi connectivity index (χ2v) is 3.69. The van der Waals surface area contributed by atoms with Gasteiger partial charge in [0.15, 0.2) is 0 Å². The van der Waals surface area contributed by atoms with Crippen LogP contribution in [0.4, 0.5) is 11.4 Å². The van der Waals surface area contributed by atoms with Gasteiger partial charge < -0.3 is 21.4 Å². The largest absolute Gasteiger partial charge is 0.399 e. The van der Waals surface area contributed by atoms with Crippen LogP contribution in [0.25, 0.3) is 0 Å². The lowest BCUT2D eigenvalue weighted by atomic mass is 10.3. The molecule has 0 aliphatic heterocycles. The van der Waals surface area contributed by atoms with Gasteiger partial charge in [0.25, 0.3) is 0 Å². The number of hydrazine groups is 1. The summed E-state index contributed by atoms with van der Waals surface area (Å²) in [7, 11) is 0. The van der Waals surface area contributed by atoms with E-state index in [0.717, 1.165) is 0 Å². The topological polar surface area (TPSA) is 81.8 Å². The molecule has 1 aromatic rings. The Morgan fingerprint density at radius 2 is 1.88 bits per heavy atom. The van der Waals surface area contributed by atoms with Gasteiger partial charge in [0.1, 0.15) is 0 Å². The van der Waals surface area contributed by atoms with Crippen molar-refractivity contribution in [1.82, 2.24) is 5.01 Å². The van der Waals surface area contributed by atoms with Crippen molar-refractivity contribution in [2.75, 3.05) is 37.5 Å². The third kappa shape index (κ3) is 3.86.